The van der Waals surface area contributed by atoms with Gasteiger partial charge in [0.1, 0.15) is 24.0 Å². The molecule has 0 amide bonds. The van der Waals surface area contributed by atoms with Crippen LogP contribution in [0.4, 0.5) is 18.9 Å². The van der Waals surface area contributed by atoms with Crippen molar-refractivity contribution in [3.8, 4) is 11.5 Å². The van der Waals surface area contributed by atoms with E-state index in [9.17, 15) is 13.2 Å². The second-order valence-corrected chi connectivity index (χ2v) is 4.67. The summed E-state index contributed by atoms with van der Waals surface area (Å²) in [5, 5.41) is 0. The Kier molecular flexibility index (Phi) is 7.48. The Balaban J connectivity index is 0.000000925. The first-order valence-electron chi connectivity index (χ1n) is 6.69. The van der Waals surface area contributed by atoms with Crippen LogP contribution in [-0.2, 0) is 32.0 Å². The van der Waals surface area contributed by atoms with Crippen molar-refractivity contribution in [3.05, 3.63) is 48.3 Å². The zero-order valence-electron chi connectivity index (χ0n) is 12.5. The van der Waals surface area contributed by atoms with Gasteiger partial charge in [-0.15, -0.1) is 0 Å². The molecule has 0 N–H and O–H groups in total. The molecule has 0 saturated carbocycles. The fraction of sp³-hybridized carbons (Fsp3) is 0.200. The van der Waals surface area contributed by atoms with Crippen LogP contribution in [0.2, 0.25) is 0 Å². The quantitative estimate of drug-likeness (QED) is 0.602. The Morgan fingerprint density at radius 3 is 2.33 bits per heavy atom. The summed E-state index contributed by atoms with van der Waals surface area (Å²) in [5.74, 6) is 0.844. The number of halogens is 3. The van der Waals surface area contributed by atoms with E-state index in [1.807, 2.05) is 25.0 Å². The van der Waals surface area contributed by atoms with E-state index in [2.05, 4.69) is 17.2 Å². The van der Waals surface area contributed by atoms with E-state index in [0.29, 0.717) is 5.75 Å². The van der Waals surface area contributed by atoms with Crippen LogP contribution in [0.25, 0.3) is 0 Å². The number of benzene rings is 1. The van der Waals surface area contributed by atoms with Gasteiger partial charge in [-0.05, 0) is 37.2 Å². The Morgan fingerprint density at radius 2 is 1.83 bits per heavy atom. The Hall–Kier alpha value is -1.82. The molecule has 1 saturated heterocycles. The van der Waals surface area contributed by atoms with Crippen molar-refractivity contribution < 1.29 is 43.8 Å². The summed E-state index contributed by atoms with van der Waals surface area (Å²) in [5.41, 5.74) is 0.0922. The van der Waals surface area contributed by atoms with Crippen molar-refractivity contribution in [2.24, 2.45) is 0 Å². The normalized spacial score (nSPS) is 12.7. The van der Waals surface area contributed by atoms with Crippen molar-refractivity contribution in [3.63, 3.8) is 0 Å². The molecule has 0 aliphatic carbocycles. The van der Waals surface area contributed by atoms with Gasteiger partial charge in [0.2, 0.25) is 0 Å². The van der Waals surface area contributed by atoms with E-state index in [1.165, 1.54) is 6.07 Å². The molecule has 3 rings (SSSR count). The molecule has 1 aromatic heterocycles. The molecule has 2 aromatic rings. The molecule has 24 heavy (non-hydrogen) atoms. The van der Waals surface area contributed by atoms with Crippen LogP contribution < -0.4 is 9.64 Å². The van der Waals surface area contributed by atoms with Gasteiger partial charge in [0, 0.05) is 32.8 Å². The number of hydrogen-bond acceptors (Lipinski definition) is 4. The van der Waals surface area contributed by atoms with E-state index >= 15 is 0 Å². The standard InChI is InChI=1S/C14H11BF3N2O.CH2O.W/c16-14(17,18)13-5-4-12(7-19-13)21-11-3-1-2-10(6-11)20-8-15-9-20;1-2;/h1-7H,8-9H2;1H2;. The third kappa shape index (κ3) is 5.09. The number of ether oxygens (including phenoxy) is 1. The predicted octanol–water partition coefficient (Wildman–Crippen LogP) is 3.14. The van der Waals surface area contributed by atoms with Crippen molar-refractivity contribution >= 4 is 19.8 Å². The molecule has 0 bridgehead atoms. The van der Waals surface area contributed by atoms with E-state index in [4.69, 9.17) is 9.53 Å². The maximum absolute atomic E-state index is 12.4. The number of anilines is 1. The fourth-order valence-corrected chi connectivity index (χ4v) is 1.96. The second kappa shape index (κ2) is 8.87. The molecule has 1 radical (unpaired) electrons. The maximum Gasteiger partial charge on any atom is 0.433 e. The summed E-state index contributed by atoms with van der Waals surface area (Å²) in [6, 6.07) is 9.59. The molecule has 4 nitrogen and oxygen atoms in total. The van der Waals surface area contributed by atoms with E-state index < -0.39 is 11.9 Å². The number of hydrogen-bond donors (Lipinski definition) is 0. The third-order valence-electron chi connectivity index (χ3n) is 3.14. The summed E-state index contributed by atoms with van der Waals surface area (Å²) in [6.07, 6.45) is -1.57. The monoisotopic (exact) mass is 505 g/mol. The molecule has 2 heterocycles. The summed E-state index contributed by atoms with van der Waals surface area (Å²) in [4.78, 5) is 13.5. The summed E-state index contributed by atoms with van der Waals surface area (Å²) in [7, 11) is 2.15. The number of alkyl halides is 3. The number of aromatic nitrogens is 1. The zero-order valence-corrected chi connectivity index (χ0v) is 15.4. The van der Waals surface area contributed by atoms with Crippen LogP contribution in [0.5, 0.6) is 11.5 Å². The number of pyridine rings is 1. The Morgan fingerprint density at radius 1 is 1.12 bits per heavy atom. The number of rotatable bonds is 3. The predicted molar refractivity (Wildman–Crippen MR) is 80.8 cm³/mol. The van der Waals surface area contributed by atoms with Crippen LogP contribution in [-0.4, -0.2) is 31.9 Å². The number of carbonyl (C=O) groups is 1. The van der Waals surface area contributed by atoms with Gasteiger partial charge < -0.3 is 14.4 Å². The molecule has 9 heteroatoms. The largest absolute Gasteiger partial charge is 0.456 e. The van der Waals surface area contributed by atoms with E-state index in [-0.39, 0.29) is 26.8 Å². The molecule has 1 aliphatic heterocycles. The van der Waals surface area contributed by atoms with Gasteiger partial charge in [0.05, 0.1) is 6.20 Å². The molecular formula is C15H13BF3N2O2W. The van der Waals surface area contributed by atoms with Gasteiger partial charge in [-0.3, -0.25) is 0 Å². The first kappa shape index (κ1) is 20.2. The van der Waals surface area contributed by atoms with Crippen LogP contribution >= 0.6 is 0 Å². The number of nitrogens with zero attached hydrogens (tertiary/aromatic N) is 2. The maximum atomic E-state index is 12.4. The zero-order chi connectivity index (χ0) is 16.9. The molecular weight excluding hydrogens is 492 g/mol. The Bertz CT molecular complexity index is 652. The number of carbonyl (C=O) groups excluding carboxylic acids is 1. The van der Waals surface area contributed by atoms with E-state index in [0.717, 1.165) is 30.8 Å². The van der Waals surface area contributed by atoms with Crippen LogP contribution in [0.15, 0.2) is 42.6 Å². The molecule has 0 unspecified atom stereocenters. The van der Waals surface area contributed by atoms with Crippen molar-refractivity contribution in [2.45, 2.75) is 6.18 Å². The molecule has 0 spiro atoms. The van der Waals surface area contributed by atoms with E-state index in [1.54, 1.807) is 6.07 Å². The average Bonchev–Trinajstić information content (AvgIpc) is 2.48. The molecule has 1 aromatic carbocycles. The minimum Gasteiger partial charge on any atom is -0.456 e. The van der Waals surface area contributed by atoms with Crippen molar-refractivity contribution in [1.29, 1.82) is 0 Å². The van der Waals surface area contributed by atoms with Crippen LogP contribution in [0.3, 0.4) is 0 Å². The Labute approximate surface area is 152 Å². The van der Waals surface area contributed by atoms with Crippen LogP contribution in [0.1, 0.15) is 5.69 Å². The topological polar surface area (TPSA) is 42.4 Å². The van der Waals surface area contributed by atoms with Gasteiger partial charge in [-0.25, -0.2) is 4.98 Å². The first-order chi connectivity index (χ1) is 11.0. The molecule has 1 aliphatic rings. The van der Waals surface area contributed by atoms with Crippen LogP contribution in [0, 0.1) is 0 Å². The van der Waals surface area contributed by atoms with Gasteiger partial charge in [-0.1, -0.05) is 6.07 Å². The summed E-state index contributed by atoms with van der Waals surface area (Å²) < 4.78 is 42.8. The summed E-state index contributed by atoms with van der Waals surface area (Å²) >= 11 is 0. The van der Waals surface area contributed by atoms with Gasteiger partial charge in [0.15, 0.2) is 7.28 Å². The molecule has 125 valence electrons. The minimum absolute atomic E-state index is 0. The van der Waals surface area contributed by atoms with Gasteiger partial charge in [0.25, 0.3) is 0 Å². The minimum atomic E-state index is -4.44. The third-order valence-corrected chi connectivity index (χ3v) is 3.14. The molecule has 0 atom stereocenters. The molecule has 1 fully saturated rings. The summed E-state index contributed by atoms with van der Waals surface area (Å²) in [6.45, 7) is 2.00. The second-order valence-electron chi connectivity index (χ2n) is 4.67. The first-order valence-corrected chi connectivity index (χ1v) is 6.69. The fourth-order valence-electron chi connectivity index (χ4n) is 1.96. The van der Waals surface area contributed by atoms with Gasteiger partial charge >= 0.3 is 6.18 Å². The average molecular weight is 505 g/mol. The smallest absolute Gasteiger partial charge is 0.433 e. The van der Waals surface area contributed by atoms with Crippen molar-refractivity contribution in [2.75, 3.05) is 17.8 Å². The SMILES string of the molecule is C=O.FC(F)(F)c1ccc(Oc2cccc(N3C[B]C3)c2)cn1.[W]. The van der Waals surface area contributed by atoms with Gasteiger partial charge in [-0.2, -0.15) is 13.2 Å². The van der Waals surface area contributed by atoms with Crippen molar-refractivity contribution in [1.82, 2.24) is 4.98 Å².